The molecule has 0 unspecified atom stereocenters. The number of rotatable bonds is 5. The molecule has 16 aromatic rings. The molecule has 1 aromatic heterocycles. The maximum absolute atomic E-state index is 9.32. The van der Waals surface area contributed by atoms with Gasteiger partial charge in [0.05, 0.1) is 38.0 Å². The minimum Gasteiger partial charge on any atom is -0.455 e. The second kappa shape index (κ2) is 21.1. The molecule has 0 spiro atoms. The van der Waals surface area contributed by atoms with Crippen LogP contribution in [0, 0.1) is 0 Å². The van der Waals surface area contributed by atoms with E-state index >= 15 is 0 Å². The van der Waals surface area contributed by atoms with Gasteiger partial charge in [0.15, 0.2) is 0 Å². The second-order valence-electron chi connectivity index (χ2n) is 18.5. The molecule has 1 nitrogen and oxygen atoms in total. The monoisotopic (exact) mass is 1040 g/mol. The van der Waals surface area contributed by atoms with Gasteiger partial charge in [-0.3, -0.25) is 0 Å². The van der Waals surface area contributed by atoms with Crippen molar-refractivity contribution in [1.82, 2.24) is 0 Å². The molecule has 2 radical (unpaired) electrons. The summed E-state index contributed by atoms with van der Waals surface area (Å²) < 4.78 is 200. The Morgan fingerprint density at radius 1 is 0.287 bits per heavy atom. The molecule has 15 aromatic carbocycles. The first kappa shape index (κ1) is 30.8. The smallest absolute Gasteiger partial charge is 0.143 e. The fourth-order valence-electron chi connectivity index (χ4n) is 11.0. The summed E-state index contributed by atoms with van der Waals surface area (Å²) in [6.07, 6.45) is 0. The van der Waals surface area contributed by atoms with Crippen LogP contribution in [0.3, 0.4) is 0 Å². The standard InChI is InChI=1S/C42H26O.C34H22.CH3B.CH4/c1-2-11-27(12-3-1)28-21-23-30(24-22-28)39-32-15-6-8-17-34(32)40(35-18-9-7-16-33(35)39)36-19-10-20-38-41(36)37-26-25-29-13-4-5-14-31(29)42(37)43-38;1-2-12-25-22-26(21-20-23(25)10-1)33-29-15-5-7-17-31(29)34(32-18-8-6-16-30(32)33)28-19-9-13-24-11-3-4-14-27(24)28;1-2;/h1-26H;1-22H;1H3;1H4/i;1D,2D,3D,4D,5D,6D,7D,8D,9D,10D,11D,12D,13D,14D,15D,16D,17D,18D,19D,20D,21D,22D;;. The number of benzene rings is 15. The Morgan fingerprint density at radius 2 is 0.775 bits per heavy atom. The molecule has 0 fully saturated rings. The largest absolute Gasteiger partial charge is 0.455 e. The fraction of sp³-hybridized carbons (Fsp3) is 0.0256. The molecule has 80 heavy (non-hydrogen) atoms. The summed E-state index contributed by atoms with van der Waals surface area (Å²) in [5, 5.41) is 4.84. The van der Waals surface area contributed by atoms with E-state index in [1.54, 1.807) is 0 Å². The minimum absolute atomic E-state index is 0. The van der Waals surface area contributed by atoms with Gasteiger partial charge in [-0.15, -0.1) is 0 Å². The third-order valence-electron chi connectivity index (χ3n) is 14.3. The maximum atomic E-state index is 9.32. The highest BCUT2D eigenvalue weighted by Gasteiger charge is 2.22. The van der Waals surface area contributed by atoms with Crippen molar-refractivity contribution >= 4 is 105 Å². The predicted octanol–water partition coefficient (Wildman–Crippen LogP) is 22.5. The van der Waals surface area contributed by atoms with Crippen LogP contribution in [-0.4, -0.2) is 7.85 Å². The van der Waals surface area contributed by atoms with Gasteiger partial charge in [-0.1, -0.05) is 287 Å². The number of hydrogen-bond donors (Lipinski definition) is 0. The summed E-state index contributed by atoms with van der Waals surface area (Å²) >= 11 is 0. The Labute approximate surface area is 499 Å². The molecule has 0 bridgehead atoms. The van der Waals surface area contributed by atoms with Crippen molar-refractivity contribution in [3.05, 3.63) is 291 Å². The zero-order valence-corrected chi connectivity index (χ0v) is 42.0. The molecular weight excluding hydrogens is 964 g/mol. The van der Waals surface area contributed by atoms with E-state index in [0.29, 0.717) is 0 Å². The van der Waals surface area contributed by atoms with Gasteiger partial charge in [0.2, 0.25) is 0 Å². The van der Waals surface area contributed by atoms with Crippen LogP contribution in [0.15, 0.2) is 295 Å². The third kappa shape index (κ3) is 8.36. The lowest BCUT2D eigenvalue weighted by atomic mass is 9.84. The zero-order chi connectivity index (χ0) is 72.0. The molecule has 0 saturated heterocycles. The van der Waals surface area contributed by atoms with E-state index in [0.717, 1.165) is 21.9 Å². The molecule has 0 N–H and O–H groups in total. The highest BCUT2D eigenvalue weighted by Crippen LogP contribution is 2.49. The van der Waals surface area contributed by atoms with Crippen molar-refractivity contribution in [3.63, 3.8) is 0 Å². The summed E-state index contributed by atoms with van der Waals surface area (Å²) in [5.41, 5.74) is 6.66. The lowest BCUT2D eigenvalue weighted by molar-refractivity contribution is 0.673. The third-order valence-corrected chi connectivity index (χ3v) is 14.3. The Morgan fingerprint density at radius 3 is 1.44 bits per heavy atom. The lowest BCUT2D eigenvalue weighted by Crippen LogP contribution is -1.91. The normalized spacial score (nSPS) is 15.1. The van der Waals surface area contributed by atoms with E-state index in [4.69, 9.17) is 27.7 Å². The van der Waals surface area contributed by atoms with Gasteiger partial charge in [-0.05, 0) is 144 Å². The van der Waals surface area contributed by atoms with Crippen molar-refractivity contribution in [2.45, 2.75) is 14.2 Å². The molecular formula is C78H55BO. The van der Waals surface area contributed by atoms with Gasteiger partial charge < -0.3 is 4.42 Å². The summed E-state index contributed by atoms with van der Waals surface area (Å²) in [6, 6.07) is 37.8. The number of fused-ring (bicyclic) bond motifs is 11. The van der Waals surface area contributed by atoms with Crippen molar-refractivity contribution in [2.75, 3.05) is 0 Å². The van der Waals surface area contributed by atoms with Crippen LogP contribution < -0.4 is 0 Å². The van der Waals surface area contributed by atoms with E-state index in [2.05, 4.69) is 166 Å². The first-order valence-electron chi connectivity index (χ1n) is 36.4. The van der Waals surface area contributed by atoms with Crippen LogP contribution in [0.1, 0.15) is 37.6 Å². The van der Waals surface area contributed by atoms with Gasteiger partial charge >= 0.3 is 0 Å². The Bertz CT molecular complexity index is 6170. The molecule has 0 aliphatic heterocycles. The average molecular weight is 1040 g/mol. The van der Waals surface area contributed by atoms with E-state index in [9.17, 15) is 6.85 Å². The average Bonchev–Trinajstić information content (AvgIpc) is 0.802. The van der Waals surface area contributed by atoms with E-state index in [1.165, 1.54) is 72.5 Å². The molecule has 1 heterocycles. The Kier molecular flexibility index (Phi) is 8.12. The SMILES string of the molecule is C.[2H]c1c([2H])c([2H])c2c([2H])c(-c3c4c([2H])c([2H])c([2H])c([2H])c4c(-c4c([2H])c([2H])c([2H])c5c([2H])c([2H])c([2H])c([2H])c45)c4c([2H])c([2H])c([2H])c([2H])c34)c([2H])c([2H])c2c1[2H].[B]C.c1ccc(-c2ccc(-c3c4ccccc4c(-c4cccc5oc6c7ccccc7ccc6c45)c4ccccc34)cc2)cc1. The fourth-order valence-corrected chi connectivity index (χ4v) is 11.0. The summed E-state index contributed by atoms with van der Waals surface area (Å²) in [5.74, 6) is 0. The van der Waals surface area contributed by atoms with Gasteiger partial charge in [0.25, 0.3) is 0 Å². The molecule has 16 rings (SSSR count). The summed E-state index contributed by atoms with van der Waals surface area (Å²) in [7, 11) is 4.50. The topological polar surface area (TPSA) is 13.1 Å². The highest BCUT2D eigenvalue weighted by atomic mass is 16.3. The lowest BCUT2D eigenvalue weighted by Gasteiger charge is -2.19. The van der Waals surface area contributed by atoms with Crippen molar-refractivity contribution < 1.29 is 34.6 Å². The molecule has 0 saturated carbocycles. The molecule has 0 aliphatic carbocycles. The summed E-state index contributed by atoms with van der Waals surface area (Å²) in [6.45, 7) is 1.50. The van der Waals surface area contributed by atoms with Gasteiger partial charge in [-0.25, -0.2) is 0 Å². The van der Waals surface area contributed by atoms with Crippen LogP contribution in [-0.2, 0) is 0 Å². The van der Waals surface area contributed by atoms with Crippen molar-refractivity contribution in [3.8, 4) is 55.6 Å². The minimum atomic E-state index is -0.915. The van der Waals surface area contributed by atoms with E-state index in [1.807, 2.05) is 0 Å². The molecule has 376 valence electrons. The Hall–Kier alpha value is -10.0. The first-order chi connectivity index (χ1) is 48.4. The van der Waals surface area contributed by atoms with Gasteiger partial charge in [0.1, 0.15) is 11.2 Å². The van der Waals surface area contributed by atoms with Gasteiger partial charge in [0, 0.05) is 16.2 Å². The van der Waals surface area contributed by atoms with E-state index < -0.39 is 198 Å². The highest BCUT2D eigenvalue weighted by molar-refractivity contribution is 6.28. The van der Waals surface area contributed by atoms with Crippen LogP contribution in [0.5, 0.6) is 0 Å². The quantitative estimate of drug-likeness (QED) is 0.124. The zero-order valence-electron chi connectivity index (χ0n) is 64.0. The van der Waals surface area contributed by atoms with E-state index in [-0.39, 0.29) is 7.43 Å². The summed E-state index contributed by atoms with van der Waals surface area (Å²) in [4.78, 5) is 0. The molecule has 0 aliphatic rings. The predicted molar refractivity (Wildman–Crippen MR) is 348 cm³/mol. The van der Waals surface area contributed by atoms with Crippen LogP contribution >= 0.6 is 0 Å². The van der Waals surface area contributed by atoms with Crippen LogP contribution in [0.25, 0.3) is 153 Å². The Balaban J connectivity index is 0.000000181. The van der Waals surface area contributed by atoms with Crippen LogP contribution in [0.2, 0.25) is 6.82 Å². The molecule has 0 atom stereocenters. The second-order valence-corrected chi connectivity index (χ2v) is 18.5. The van der Waals surface area contributed by atoms with Crippen molar-refractivity contribution in [2.24, 2.45) is 0 Å². The number of furan rings is 1. The number of hydrogen-bond acceptors (Lipinski definition) is 1. The maximum Gasteiger partial charge on any atom is 0.143 e. The van der Waals surface area contributed by atoms with Crippen molar-refractivity contribution in [1.29, 1.82) is 0 Å². The van der Waals surface area contributed by atoms with Crippen LogP contribution in [0.4, 0.5) is 0 Å². The molecule has 0 amide bonds. The first-order valence-corrected chi connectivity index (χ1v) is 25.4. The van der Waals surface area contributed by atoms with Gasteiger partial charge in [-0.2, -0.15) is 0 Å². The molecule has 2 heteroatoms.